The summed E-state index contributed by atoms with van der Waals surface area (Å²) in [5.74, 6) is 0. The van der Waals surface area contributed by atoms with E-state index in [0.717, 1.165) is 17.1 Å². The average molecular weight is 661 g/mol. The fraction of sp³-hybridized carbons (Fsp3) is 0. The van der Waals surface area contributed by atoms with Gasteiger partial charge >= 0.3 is 0 Å². The Morgan fingerprint density at radius 3 is 1.46 bits per heavy atom. The number of benzene rings is 10. The lowest BCUT2D eigenvalue weighted by molar-refractivity contribution is 1.18. The van der Waals surface area contributed by atoms with Crippen molar-refractivity contribution in [3.63, 3.8) is 0 Å². The smallest absolute Gasteiger partial charge is 0.0547 e. The molecule has 0 aliphatic rings. The minimum Gasteiger partial charge on any atom is -0.309 e. The molecule has 2 heteroatoms. The van der Waals surface area contributed by atoms with Gasteiger partial charge in [0.05, 0.1) is 22.4 Å². The van der Waals surface area contributed by atoms with Crippen LogP contribution in [-0.4, -0.2) is 4.57 Å². The summed E-state index contributed by atoms with van der Waals surface area (Å²) in [7, 11) is 0. The SMILES string of the molecule is c1ccc(-n2c3ccccc3c3cc4c5ccc(N(c6cccc7ccccc67)c6cccc7ccccc67)cc5c5ccccc5c4cc32)cc1. The number of aromatic nitrogens is 1. The molecule has 52 heavy (non-hydrogen) atoms. The summed E-state index contributed by atoms with van der Waals surface area (Å²) < 4.78 is 2.42. The molecule has 0 saturated heterocycles. The Bertz CT molecular complexity index is 3100. The number of anilines is 3. The second-order valence-electron chi connectivity index (χ2n) is 13.7. The van der Waals surface area contributed by atoms with Crippen LogP contribution in [0.3, 0.4) is 0 Å². The van der Waals surface area contributed by atoms with Crippen molar-refractivity contribution in [2.45, 2.75) is 0 Å². The van der Waals surface area contributed by atoms with Crippen LogP contribution in [0.15, 0.2) is 194 Å². The van der Waals surface area contributed by atoms with E-state index in [1.807, 2.05) is 0 Å². The molecule has 0 unspecified atom stereocenters. The highest BCUT2D eigenvalue weighted by Crippen LogP contribution is 2.46. The second kappa shape index (κ2) is 11.3. The summed E-state index contributed by atoms with van der Waals surface area (Å²) >= 11 is 0. The lowest BCUT2D eigenvalue weighted by Crippen LogP contribution is -2.11. The van der Waals surface area contributed by atoms with Gasteiger partial charge in [-0.05, 0) is 97.7 Å². The van der Waals surface area contributed by atoms with Gasteiger partial charge in [0.2, 0.25) is 0 Å². The van der Waals surface area contributed by atoms with Crippen LogP contribution in [0.4, 0.5) is 17.1 Å². The predicted octanol–water partition coefficient (Wildman–Crippen LogP) is 14.0. The maximum absolute atomic E-state index is 2.46. The van der Waals surface area contributed by atoms with Gasteiger partial charge in [-0.25, -0.2) is 0 Å². The molecule has 0 amide bonds. The molecule has 0 bridgehead atoms. The first-order chi connectivity index (χ1) is 25.8. The first-order valence-electron chi connectivity index (χ1n) is 17.9. The van der Waals surface area contributed by atoms with Crippen LogP contribution in [0, 0.1) is 0 Å². The summed E-state index contributed by atoms with van der Waals surface area (Å²) in [5.41, 5.74) is 7.06. The van der Waals surface area contributed by atoms with Gasteiger partial charge in [-0.2, -0.15) is 0 Å². The zero-order chi connectivity index (χ0) is 34.2. The molecule has 10 aromatic carbocycles. The molecule has 2 nitrogen and oxygen atoms in total. The van der Waals surface area contributed by atoms with Crippen molar-refractivity contribution >= 4 is 92.7 Å². The molecule has 0 fully saturated rings. The lowest BCUT2D eigenvalue weighted by Gasteiger charge is -2.28. The number of nitrogens with zero attached hydrogens (tertiary/aromatic N) is 2. The monoisotopic (exact) mass is 660 g/mol. The summed E-state index contributed by atoms with van der Waals surface area (Å²) in [6.07, 6.45) is 0. The van der Waals surface area contributed by atoms with E-state index in [1.54, 1.807) is 0 Å². The highest BCUT2D eigenvalue weighted by atomic mass is 15.1. The van der Waals surface area contributed by atoms with Crippen molar-refractivity contribution in [3.8, 4) is 5.69 Å². The van der Waals surface area contributed by atoms with E-state index in [1.165, 1.54) is 81.4 Å². The Labute approximate surface area is 301 Å². The van der Waals surface area contributed by atoms with Crippen molar-refractivity contribution in [3.05, 3.63) is 194 Å². The predicted molar refractivity (Wildman–Crippen MR) is 223 cm³/mol. The van der Waals surface area contributed by atoms with Crippen LogP contribution >= 0.6 is 0 Å². The molecular formula is C50H32N2. The van der Waals surface area contributed by atoms with Crippen molar-refractivity contribution < 1.29 is 0 Å². The van der Waals surface area contributed by atoms with E-state index >= 15 is 0 Å². The van der Waals surface area contributed by atoms with Gasteiger partial charge in [-0.15, -0.1) is 0 Å². The summed E-state index contributed by atoms with van der Waals surface area (Å²) in [5, 5.41) is 15.0. The number of fused-ring (bicyclic) bond motifs is 11. The quantitative estimate of drug-likeness (QED) is 0.171. The van der Waals surface area contributed by atoms with Gasteiger partial charge in [-0.3, -0.25) is 0 Å². The van der Waals surface area contributed by atoms with E-state index < -0.39 is 0 Å². The Morgan fingerprint density at radius 2 is 0.788 bits per heavy atom. The van der Waals surface area contributed by atoms with Crippen LogP contribution in [0.25, 0.3) is 81.4 Å². The van der Waals surface area contributed by atoms with Crippen LogP contribution < -0.4 is 4.90 Å². The third-order valence-electron chi connectivity index (χ3n) is 10.9. The van der Waals surface area contributed by atoms with Crippen molar-refractivity contribution in [2.75, 3.05) is 4.90 Å². The normalized spacial score (nSPS) is 11.8. The first kappa shape index (κ1) is 28.9. The zero-order valence-corrected chi connectivity index (χ0v) is 28.4. The molecule has 0 N–H and O–H groups in total. The molecule has 0 radical (unpaired) electrons. The maximum Gasteiger partial charge on any atom is 0.0547 e. The van der Waals surface area contributed by atoms with Crippen LogP contribution in [0.2, 0.25) is 0 Å². The van der Waals surface area contributed by atoms with Crippen LogP contribution in [0.1, 0.15) is 0 Å². The summed E-state index contributed by atoms with van der Waals surface area (Å²) in [6.45, 7) is 0. The van der Waals surface area contributed by atoms with Gasteiger partial charge in [0.15, 0.2) is 0 Å². The number of hydrogen-bond acceptors (Lipinski definition) is 1. The molecule has 242 valence electrons. The molecule has 11 rings (SSSR count). The average Bonchev–Trinajstić information content (AvgIpc) is 3.54. The summed E-state index contributed by atoms with van der Waals surface area (Å²) in [4.78, 5) is 2.46. The van der Waals surface area contributed by atoms with Crippen LogP contribution in [0.5, 0.6) is 0 Å². The summed E-state index contributed by atoms with van der Waals surface area (Å²) in [6, 6.07) is 71.1. The number of hydrogen-bond donors (Lipinski definition) is 0. The van der Waals surface area contributed by atoms with Crippen molar-refractivity contribution in [2.24, 2.45) is 0 Å². The third kappa shape index (κ3) is 4.25. The van der Waals surface area contributed by atoms with Gasteiger partial charge in [0, 0.05) is 32.9 Å². The van der Waals surface area contributed by atoms with Gasteiger partial charge in [0.1, 0.15) is 0 Å². The maximum atomic E-state index is 2.46. The van der Waals surface area contributed by atoms with Gasteiger partial charge in [-0.1, -0.05) is 140 Å². The minimum absolute atomic E-state index is 1.13. The second-order valence-corrected chi connectivity index (χ2v) is 13.7. The Morgan fingerprint density at radius 1 is 0.288 bits per heavy atom. The van der Waals surface area contributed by atoms with E-state index in [4.69, 9.17) is 0 Å². The molecule has 1 heterocycles. The topological polar surface area (TPSA) is 8.17 Å². The van der Waals surface area contributed by atoms with Crippen LogP contribution in [-0.2, 0) is 0 Å². The van der Waals surface area contributed by atoms with E-state index in [-0.39, 0.29) is 0 Å². The first-order valence-corrected chi connectivity index (χ1v) is 17.9. The molecule has 0 atom stereocenters. The molecule has 0 aliphatic heterocycles. The molecule has 1 aromatic heterocycles. The number of para-hydroxylation sites is 2. The van der Waals surface area contributed by atoms with E-state index in [2.05, 4.69) is 204 Å². The fourth-order valence-corrected chi connectivity index (χ4v) is 8.61. The largest absolute Gasteiger partial charge is 0.309 e. The number of rotatable bonds is 4. The van der Waals surface area contributed by atoms with E-state index in [9.17, 15) is 0 Å². The van der Waals surface area contributed by atoms with Gasteiger partial charge < -0.3 is 9.47 Å². The molecule has 0 aliphatic carbocycles. The lowest BCUT2D eigenvalue weighted by atomic mass is 9.92. The standard InChI is InChI=1S/C50H32N2/c1-2-18-35(19-3-1)51-49-25-11-10-24-42(49)46-31-44-41-29-28-36(30-43(41)39-22-8-9-23-40(39)45(44)32-50(46)51)52(47-26-12-16-33-14-4-6-20-37(33)47)48-27-13-17-34-15-5-7-21-38(34)48/h1-32H. The highest BCUT2D eigenvalue weighted by molar-refractivity contribution is 6.29. The molecule has 0 spiro atoms. The van der Waals surface area contributed by atoms with Crippen molar-refractivity contribution in [1.29, 1.82) is 0 Å². The minimum atomic E-state index is 1.13. The molecule has 0 saturated carbocycles. The van der Waals surface area contributed by atoms with E-state index in [0.29, 0.717) is 0 Å². The zero-order valence-electron chi connectivity index (χ0n) is 28.4. The Hall–Kier alpha value is -6.90. The van der Waals surface area contributed by atoms with Crippen molar-refractivity contribution in [1.82, 2.24) is 4.57 Å². The molecular weight excluding hydrogens is 629 g/mol. The molecule has 11 aromatic rings. The third-order valence-corrected chi connectivity index (χ3v) is 10.9. The highest BCUT2D eigenvalue weighted by Gasteiger charge is 2.20. The fourth-order valence-electron chi connectivity index (χ4n) is 8.61. The Kier molecular flexibility index (Phi) is 6.28. The van der Waals surface area contributed by atoms with Gasteiger partial charge in [0.25, 0.3) is 0 Å². The Balaban J connectivity index is 1.24.